The van der Waals surface area contributed by atoms with E-state index in [9.17, 15) is 20.4 Å². The first kappa shape index (κ1) is 34.3. The number of hydrogen-bond acceptors (Lipinski definition) is 10. The Morgan fingerprint density at radius 1 is 0.357 bits per heavy atom. The molecule has 0 saturated heterocycles. The second kappa shape index (κ2) is 14.4. The van der Waals surface area contributed by atoms with Gasteiger partial charge in [-0.05, 0) is 70.8 Å². The first-order valence-corrected chi connectivity index (χ1v) is 18.2. The summed E-state index contributed by atoms with van der Waals surface area (Å²) in [6, 6.07) is 37.0. The van der Waals surface area contributed by atoms with Crippen LogP contribution in [0.2, 0.25) is 0 Å². The molecule has 0 aliphatic heterocycles. The van der Waals surface area contributed by atoms with E-state index in [0.717, 1.165) is 21.8 Å². The molecule has 8 bridgehead atoms. The van der Waals surface area contributed by atoms with Gasteiger partial charge in [0.1, 0.15) is 34.4 Å². The average Bonchev–Trinajstić information content (AvgIpc) is 3.21. The number of aromatic nitrogens is 2. The van der Waals surface area contributed by atoms with Gasteiger partial charge in [0.05, 0.1) is 22.4 Å². The summed E-state index contributed by atoms with van der Waals surface area (Å²) in [5, 5.41) is 67.0. The molecule has 0 unspecified atom stereocenters. The van der Waals surface area contributed by atoms with Crippen molar-refractivity contribution < 1.29 is 20.4 Å². The molecular formula is C46H34N6O4. The third kappa shape index (κ3) is 6.64. The Labute approximate surface area is 321 Å². The van der Waals surface area contributed by atoms with Gasteiger partial charge < -0.3 is 20.4 Å². The lowest BCUT2D eigenvalue weighted by Gasteiger charge is -2.17. The molecule has 1 aliphatic carbocycles. The molecule has 2 heterocycles. The highest BCUT2D eigenvalue weighted by atomic mass is 16.3. The molecule has 10 nitrogen and oxygen atoms in total. The van der Waals surface area contributed by atoms with Gasteiger partial charge in [0.25, 0.3) is 0 Å². The maximum atomic E-state index is 11.7. The Kier molecular flexibility index (Phi) is 8.83. The lowest BCUT2D eigenvalue weighted by Crippen LogP contribution is -2.00. The second-order valence-electron chi connectivity index (χ2n) is 13.9. The van der Waals surface area contributed by atoms with Gasteiger partial charge in [-0.25, -0.2) is 0 Å². The maximum absolute atomic E-state index is 11.7. The van der Waals surface area contributed by atoms with E-state index in [1.807, 2.05) is 72.8 Å². The van der Waals surface area contributed by atoms with Gasteiger partial charge in [0.15, 0.2) is 0 Å². The summed E-state index contributed by atoms with van der Waals surface area (Å²) in [5.41, 5.74) is 8.04. The van der Waals surface area contributed by atoms with Crippen LogP contribution in [0.3, 0.4) is 0 Å². The van der Waals surface area contributed by atoms with Crippen LogP contribution in [0.1, 0.15) is 44.5 Å². The number of azo groups is 2. The smallest absolute Gasteiger partial charge is 0.122 e. The average molecular weight is 735 g/mol. The Morgan fingerprint density at radius 2 is 0.679 bits per heavy atom. The molecule has 0 atom stereocenters. The minimum Gasteiger partial charge on any atom is -0.507 e. The topological polar surface area (TPSA) is 156 Å². The standard InChI is InChI=1S/C46H34N6O4/c53-43-29-9-1-10-30(43)20-34-24-38(50-52-40-16-4-8-28-14-6-18-48-42(28)40)26-36(46(34)56)22-32-12-2-11-31(44(32)54)21-35-25-37(23-33(19-29)45(35)55)49-51-39-15-3-7-27-13-5-17-47-41(27)39/h1-18,23-26,53-56H,19-22H2. The van der Waals surface area contributed by atoms with Crippen LogP contribution in [-0.4, -0.2) is 30.4 Å². The van der Waals surface area contributed by atoms with Gasteiger partial charge in [-0.1, -0.05) is 72.8 Å². The number of aromatic hydroxyl groups is 4. The van der Waals surface area contributed by atoms with Crippen LogP contribution in [0.4, 0.5) is 22.7 Å². The highest BCUT2D eigenvalue weighted by Gasteiger charge is 2.20. The van der Waals surface area contributed by atoms with Crippen LogP contribution in [0.25, 0.3) is 21.8 Å². The Morgan fingerprint density at radius 3 is 1.05 bits per heavy atom. The highest BCUT2D eigenvalue weighted by molar-refractivity contribution is 5.89. The normalized spacial score (nSPS) is 12.9. The molecule has 6 aromatic carbocycles. The van der Waals surface area contributed by atoms with E-state index in [2.05, 4.69) is 30.4 Å². The molecule has 0 spiro atoms. The molecule has 1 aliphatic rings. The maximum Gasteiger partial charge on any atom is 0.122 e. The quantitative estimate of drug-likeness (QED) is 0.132. The fourth-order valence-electron chi connectivity index (χ4n) is 7.38. The molecule has 9 rings (SSSR count). The zero-order chi connectivity index (χ0) is 38.2. The molecule has 4 N–H and O–H groups in total. The van der Waals surface area contributed by atoms with Crippen LogP contribution in [0.15, 0.2) is 154 Å². The summed E-state index contributed by atoms with van der Waals surface area (Å²) in [6.07, 6.45) is 4.13. The minimum absolute atomic E-state index is 0.0386. The van der Waals surface area contributed by atoms with E-state index in [4.69, 9.17) is 0 Å². The van der Waals surface area contributed by atoms with Crippen molar-refractivity contribution in [1.82, 2.24) is 9.97 Å². The van der Waals surface area contributed by atoms with Gasteiger partial charge in [-0.2, -0.15) is 10.2 Å². The van der Waals surface area contributed by atoms with Crippen molar-refractivity contribution in [3.05, 3.63) is 178 Å². The molecule has 0 radical (unpaired) electrons. The van der Waals surface area contributed by atoms with Crippen LogP contribution < -0.4 is 0 Å². The SMILES string of the molecule is Oc1c2cccc1Cc1cc(N=Nc3cccc4cccnc34)cc(c1O)Cc1cccc(c1O)Cc1cc(N=Nc3cccc4cccnc34)cc(c1O)C2. The van der Waals surface area contributed by atoms with Crippen molar-refractivity contribution in [3.63, 3.8) is 0 Å². The number of phenols is 4. The van der Waals surface area contributed by atoms with Crippen molar-refractivity contribution >= 4 is 44.6 Å². The van der Waals surface area contributed by atoms with E-state index in [1.165, 1.54) is 0 Å². The zero-order valence-corrected chi connectivity index (χ0v) is 30.0. The molecular weight excluding hydrogens is 701 g/mol. The molecule has 0 amide bonds. The van der Waals surface area contributed by atoms with Crippen molar-refractivity contribution in [2.75, 3.05) is 0 Å². The number of benzene rings is 6. The largest absolute Gasteiger partial charge is 0.507 e. The second-order valence-corrected chi connectivity index (χ2v) is 13.9. The summed E-state index contributed by atoms with van der Waals surface area (Å²) >= 11 is 0. The Bertz CT molecular complexity index is 2590. The summed E-state index contributed by atoms with van der Waals surface area (Å²) in [7, 11) is 0. The van der Waals surface area contributed by atoms with Crippen LogP contribution in [-0.2, 0) is 25.7 Å². The third-order valence-electron chi connectivity index (χ3n) is 10.2. The highest BCUT2D eigenvalue weighted by Crippen LogP contribution is 2.41. The number of fused-ring (bicyclic) bond motifs is 10. The lowest BCUT2D eigenvalue weighted by molar-refractivity contribution is 0.450. The summed E-state index contributed by atoms with van der Waals surface area (Å²) in [4.78, 5) is 8.98. The number of pyridine rings is 2. The third-order valence-corrected chi connectivity index (χ3v) is 10.2. The summed E-state index contributed by atoms with van der Waals surface area (Å²) in [5.74, 6) is 0.174. The predicted molar refractivity (Wildman–Crippen MR) is 215 cm³/mol. The number of phenolic OH excluding ortho intramolecular Hbond substituents is 4. The monoisotopic (exact) mass is 734 g/mol. The zero-order valence-electron chi connectivity index (χ0n) is 30.0. The van der Waals surface area contributed by atoms with Gasteiger partial charge in [-0.15, -0.1) is 10.2 Å². The molecule has 2 aromatic heterocycles. The van der Waals surface area contributed by atoms with Gasteiger partial charge in [-0.3, -0.25) is 9.97 Å². The van der Waals surface area contributed by atoms with E-state index < -0.39 is 0 Å². The van der Waals surface area contributed by atoms with Crippen molar-refractivity contribution in [2.45, 2.75) is 25.7 Å². The molecule has 8 aromatic rings. The molecule has 272 valence electrons. The van der Waals surface area contributed by atoms with Crippen molar-refractivity contribution in [1.29, 1.82) is 0 Å². The summed E-state index contributed by atoms with van der Waals surface area (Å²) in [6.45, 7) is 0. The van der Waals surface area contributed by atoms with Gasteiger partial charge in [0.2, 0.25) is 0 Å². The van der Waals surface area contributed by atoms with Crippen LogP contribution >= 0.6 is 0 Å². The number of para-hydroxylation sites is 4. The van der Waals surface area contributed by atoms with E-state index >= 15 is 0 Å². The van der Waals surface area contributed by atoms with E-state index in [1.54, 1.807) is 60.9 Å². The van der Waals surface area contributed by atoms with Crippen molar-refractivity contribution in [3.8, 4) is 23.0 Å². The lowest BCUT2D eigenvalue weighted by atomic mass is 9.91. The van der Waals surface area contributed by atoms with Crippen LogP contribution in [0.5, 0.6) is 23.0 Å². The molecule has 0 saturated carbocycles. The summed E-state index contributed by atoms with van der Waals surface area (Å²) < 4.78 is 0. The molecule has 0 fully saturated rings. The van der Waals surface area contributed by atoms with Gasteiger partial charge in [0, 0.05) is 71.1 Å². The fraction of sp³-hybridized carbons (Fsp3) is 0.0870. The molecule has 10 heteroatoms. The number of rotatable bonds is 4. The van der Waals surface area contributed by atoms with E-state index in [0.29, 0.717) is 67.3 Å². The van der Waals surface area contributed by atoms with Crippen LogP contribution in [0, 0.1) is 0 Å². The first-order chi connectivity index (χ1) is 27.4. The predicted octanol–water partition coefficient (Wildman–Crippen LogP) is 11.1. The number of nitrogens with zero attached hydrogens (tertiary/aromatic N) is 6. The minimum atomic E-state index is 0.0386. The van der Waals surface area contributed by atoms with E-state index in [-0.39, 0.29) is 48.7 Å². The van der Waals surface area contributed by atoms with Gasteiger partial charge >= 0.3 is 0 Å². The Hall–Kier alpha value is -7.46. The Balaban J connectivity index is 1.15. The first-order valence-electron chi connectivity index (χ1n) is 18.2. The molecule has 56 heavy (non-hydrogen) atoms. The fourth-order valence-corrected chi connectivity index (χ4v) is 7.38. The van der Waals surface area contributed by atoms with Crippen molar-refractivity contribution in [2.24, 2.45) is 20.5 Å². The number of hydrogen-bond donors (Lipinski definition) is 4.